The number of hydrogen-bond donors (Lipinski definition) is 14. The third-order valence-electron chi connectivity index (χ3n) is 13.9. The molecule has 11 aromatic rings. The number of phenols is 2. The molecule has 50 heteroatoms. The molecule has 11 rings (SSSR count). The summed E-state index contributed by atoms with van der Waals surface area (Å²) in [6, 6.07) is 20.1. The molecule has 0 atom stereocenters. The number of nitrogens with one attached hydrogen (secondary N) is 4. The van der Waals surface area contributed by atoms with E-state index in [1.807, 2.05) is 0 Å². The third-order valence-corrected chi connectivity index (χ3v) is 21.3. The fourth-order valence-electron chi connectivity index (χ4n) is 10.0. The number of anilines is 8. The van der Waals surface area contributed by atoms with Crippen LogP contribution in [0.2, 0.25) is 10.6 Å². The molecule has 2 aromatic heterocycles. The zero-order valence-corrected chi connectivity index (χ0v) is 57.1. The molecule has 0 spiro atoms. The van der Waals surface area contributed by atoms with Gasteiger partial charge >= 0.3 is 0 Å². The first-order valence-electron chi connectivity index (χ1n) is 26.7. The topological polar surface area (TPSA) is 635 Å². The van der Waals surface area contributed by atoms with Gasteiger partial charge in [-0.25, -0.2) is 5.26 Å². The normalized spacial score (nSPS) is 12.9. The van der Waals surface area contributed by atoms with E-state index in [0.29, 0.717) is 6.07 Å². The van der Waals surface area contributed by atoms with E-state index in [2.05, 4.69) is 81.0 Å². The highest BCUT2D eigenvalue weighted by Gasteiger charge is 2.31. The predicted octanol–water partition coefficient (Wildman–Crippen LogP) is 10.3. The van der Waals surface area contributed by atoms with Crippen LogP contribution < -0.4 is 21.3 Å². The summed E-state index contributed by atoms with van der Waals surface area (Å²) < 4.78 is 252. The molecule has 0 amide bonds. The summed E-state index contributed by atoms with van der Waals surface area (Å²) in [4.78, 5) is 17.1. The average molecular weight is 1600 g/mol. The summed E-state index contributed by atoms with van der Waals surface area (Å²) in [5.74, 6) is -3.91. The predicted molar refractivity (Wildman–Crippen MR) is 356 cm³/mol. The molecule has 0 aliphatic heterocycles. The molecule has 0 saturated heterocycles. The maximum atomic E-state index is 12.9. The van der Waals surface area contributed by atoms with Crippen LogP contribution in [0.4, 0.5) is 69.3 Å². The first-order chi connectivity index (χ1) is 47.6. The molecule has 14 N–H and O–H groups in total. The van der Waals surface area contributed by atoms with Gasteiger partial charge in [0.1, 0.15) is 57.0 Å². The number of phenolic OH excluding ortho intramolecular Hbond substituents is 2. The minimum atomic E-state index is -5.61. The van der Waals surface area contributed by atoms with Gasteiger partial charge in [-0.15, -0.1) is 24.8 Å². The highest BCUT2D eigenvalue weighted by atomic mass is 35.5. The Morgan fingerprint density at radius 1 is 0.373 bits per heavy atom. The molecule has 0 fully saturated rings. The van der Waals surface area contributed by atoms with Crippen molar-refractivity contribution in [3.8, 4) is 11.5 Å². The lowest BCUT2D eigenvalue weighted by molar-refractivity contribution is -0.432. The van der Waals surface area contributed by atoms with Gasteiger partial charge in [-0.05, 0) is 108 Å². The third kappa shape index (κ3) is 15.4. The van der Waals surface area contributed by atoms with Crippen molar-refractivity contribution >= 4 is 218 Å². The van der Waals surface area contributed by atoms with Crippen molar-refractivity contribution in [2.45, 2.75) is 39.2 Å². The number of aromatic hydroxyl groups is 2. The summed E-state index contributed by atoms with van der Waals surface area (Å²) in [6.45, 7) is 0. The van der Waals surface area contributed by atoms with E-state index in [1.165, 1.54) is 24.3 Å². The van der Waals surface area contributed by atoms with Crippen molar-refractivity contribution in [3.05, 3.63) is 132 Å². The molecule has 0 bridgehead atoms. The van der Waals surface area contributed by atoms with Gasteiger partial charge in [-0.3, -0.25) is 31.9 Å². The average Bonchev–Trinajstić information content (AvgIpc) is 0.754. The van der Waals surface area contributed by atoms with Gasteiger partial charge in [0.2, 0.25) is 34.4 Å². The van der Waals surface area contributed by atoms with Crippen LogP contribution in [0.15, 0.2) is 181 Å². The van der Waals surface area contributed by atoms with Crippen LogP contribution in [0.1, 0.15) is 0 Å². The van der Waals surface area contributed by atoms with Gasteiger partial charge in [0.25, 0.3) is 70.8 Å². The summed E-state index contributed by atoms with van der Waals surface area (Å²) in [5.41, 5.74) is -3.77. The van der Waals surface area contributed by atoms with Crippen LogP contribution in [0.5, 0.6) is 11.5 Å². The number of aromatic nitrogens is 6. The quantitative estimate of drug-likeness (QED) is 0.00985. The van der Waals surface area contributed by atoms with Crippen molar-refractivity contribution in [2.24, 2.45) is 20.5 Å². The van der Waals surface area contributed by atoms with E-state index in [4.69, 9.17) is 28.5 Å². The fourth-order valence-corrected chi connectivity index (χ4v) is 15.9. The van der Waals surface area contributed by atoms with Crippen molar-refractivity contribution in [1.82, 2.24) is 29.9 Å². The molecule has 0 unspecified atom stereocenters. The second-order valence-electron chi connectivity index (χ2n) is 20.3. The lowest BCUT2D eigenvalue weighted by Crippen LogP contribution is -2.07. The van der Waals surface area contributed by atoms with E-state index < -0.39 is 210 Å². The second-order valence-corrected chi connectivity index (χ2v) is 31.4. The standard InChI is InChI=1S/C52H34Cl2N14O26S8/c53-47-59-49(63-51(61-47)57-29-15-17-36(98(78,79)80)27-19-33(95-94-93-71)41(43(69)39(27)29)67-65-31-13-11-23-25(45(31)101(87,88)89)3-1-5-34(23)96(72,73)74)55-21-7-9-22(10-8-21)56-50-60-48(54)62-52(64-50)58-30-16-18-37(99(81,82)83)28-20-38(100(84,85)86)42(44(70)40(28)30)68-66-32-14-12-24-26(46(32)102(90,91)92)4-2-6-35(24)97(75,76)77/h1-20,69-71H,(H,72,73,74)(H,75,76,77)(H,78,79,80)(H,81,82,83)(H,84,85,86)(H,87,88,89)(H,90,91,92)(H2,55,57,59,61,63)(H2,56,58,60,62,64). The van der Waals surface area contributed by atoms with Crippen LogP contribution >= 0.6 is 35.2 Å². The van der Waals surface area contributed by atoms with Crippen LogP contribution in [-0.2, 0) is 80.2 Å². The Hall–Kier alpha value is -9.78. The molecule has 0 saturated carbocycles. The van der Waals surface area contributed by atoms with E-state index in [-0.39, 0.29) is 46.4 Å². The number of azo groups is 2. The Labute approximate surface area is 584 Å². The maximum Gasteiger partial charge on any atom is 0.297 e. The van der Waals surface area contributed by atoms with E-state index >= 15 is 0 Å². The molecule has 102 heavy (non-hydrogen) atoms. The molecule has 40 nitrogen and oxygen atoms in total. The van der Waals surface area contributed by atoms with Gasteiger partial charge in [-0.1, -0.05) is 41.4 Å². The summed E-state index contributed by atoms with van der Waals surface area (Å²) in [7, 11) is -36.9. The van der Waals surface area contributed by atoms with Crippen molar-refractivity contribution < 1.29 is 116 Å². The first kappa shape index (κ1) is 73.4. The number of halogens is 2. The highest BCUT2D eigenvalue weighted by Crippen LogP contribution is 2.51. The number of nitrogens with zero attached hydrogens (tertiary/aromatic N) is 10. The fraction of sp³-hybridized carbons (Fsp3) is 0. The minimum Gasteiger partial charge on any atom is -0.505 e. The minimum absolute atomic E-state index is 0.0660. The SMILES string of the molecule is O=S(=O)(O)c1cc2c(S(=O)(=O)O)ccc(Nc3nc(Cl)nc(Nc4ccc(Nc5nc(Cl)nc(Nc6ccc(S(=O)(=O)O)c7cc(SOOO)c(N=Nc8ccc9c(S(=O)(=O)O)cccc9c8S(=O)(=O)O)c(O)c67)n5)cc4)n3)c2c(O)c1N=Nc1ccc2c(S(=O)(=O)O)cccc2c1S(=O)(=O)O. The summed E-state index contributed by atoms with van der Waals surface area (Å²) in [6.07, 6.45) is 0. The van der Waals surface area contributed by atoms with Gasteiger partial charge in [-0.2, -0.15) is 88.8 Å². The Balaban J connectivity index is 0.891. The van der Waals surface area contributed by atoms with E-state index in [9.17, 15) is 101 Å². The maximum absolute atomic E-state index is 12.9. The largest absolute Gasteiger partial charge is 0.505 e. The summed E-state index contributed by atoms with van der Waals surface area (Å²) >= 11 is 12.7. The van der Waals surface area contributed by atoms with Crippen LogP contribution in [0, 0.1) is 0 Å². The van der Waals surface area contributed by atoms with Crippen LogP contribution in [0.25, 0.3) is 43.1 Å². The van der Waals surface area contributed by atoms with E-state index in [0.717, 1.165) is 91.0 Å². The van der Waals surface area contributed by atoms with Gasteiger partial charge in [0, 0.05) is 43.7 Å². The van der Waals surface area contributed by atoms with Crippen molar-refractivity contribution in [1.29, 1.82) is 0 Å². The number of rotatable bonds is 22. The molecule has 530 valence electrons. The molecular weight excluding hydrogens is 1560 g/mol. The molecule has 0 radical (unpaired) electrons. The number of benzene rings is 9. The second kappa shape index (κ2) is 27.2. The summed E-state index contributed by atoms with van der Waals surface area (Å²) in [5, 5.41) is 57.3. The lowest BCUT2D eigenvalue weighted by Gasteiger charge is -2.16. The monoisotopic (exact) mass is 1600 g/mol. The smallest absolute Gasteiger partial charge is 0.297 e. The Bertz CT molecular complexity index is 6360. The highest BCUT2D eigenvalue weighted by molar-refractivity contribution is 7.94. The van der Waals surface area contributed by atoms with Gasteiger partial charge < -0.3 is 31.5 Å². The van der Waals surface area contributed by atoms with Crippen molar-refractivity contribution in [2.75, 3.05) is 21.3 Å². The molecule has 2 heterocycles. The number of fused-ring (bicyclic) bond motifs is 4. The zero-order valence-electron chi connectivity index (χ0n) is 49.0. The first-order valence-corrected chi connectivity index (χ1v) is 38.2. The Morgan fingerprint density at radius 3 is 1.12 bits per heavy atom. The van der Waals surface area contributed by atoms with Gasteiger partial charge in [0.05, 0.1) is 39.1 Å². The zero-order chi connectivity index (χ0) is 74.1. The van der Waals surface area contributed by atoms with Crippen LogP contribution in [0.3, 0.4) is 0 Å². The van der Waals surface area contributed by atoms with E-state index in [1.54, 1.807) is 0 Å². The van der Waals surface area contributed by atoms with Gasteiger partial charge in [0.15, 0.2) is 11.5 Å². The lowest BCUT2D eigenvalue weighted by atomic mass is 10.1. The molecular formula is C52H34Cl2N14O26S8. The molecule has 0 aliphatic carbocycles. The number of hydrogen-bond acceptors (Lipinski definition) is 34. The van der Waals surface area contributed by atoms with Crippen molar-refractivity contribution in [3.63, 3.8) is 0 Å². The molecule has 0 aliphatic rings. The molecule has 9 aromatic carbocycles. The Kier molecular flexibility index (Phi) is 19.6. The van der Waals surface area contributed by atoms with Crippen LogP contribution in [-0.4, -0.2) is 136 Å². The Morgan fingerprint density at radius 2 is 0.735 bits per heavy atom.